The van der Waals surface area contributed by atoms with Crippen molar-refractivity contribution in [2.75, 3.05) is 0 Å². The lowest BCUT2D eigenvalue weighted by atomic mass is 9.76. The highest BCUT2D eigenvalue weighted by Crippen LogP contribution is 2.33. The van der Waals surface area contributed by atoms with Gasteiger partial charge in [0.1, 0.15) is 11.4 Å². The Bertz CT molecular complexity index is 823. The number of pyridine rings is 1. The Hall–Kier alpha value is -2.83. The van der Waals surface area contributed by atoms with Crippen molar-refractivity contribution >= 4 is 11.8 Å². The Balaban J connectivity index is 1.70. The minimum Gasteiger partial charge on any atom is -0.348 e. The summed E-state index contributed by atoms with van der Waals surface area (Å²) in [5.74, 6) is -0.380. The van der Waals surface area contributed by atoms with Gasteiger partial charge in [0, 0.05) is 29.7 Å². The van der Waals surface area contributed by atoms with Crippen molar-refractivity contribution in [2.24, 2.45) is 0 Å². The molecule has 0 radical (unpaired) electrons. The van der Waals surface area contributed by atoms with Crippen LogP contribution in [-0.4, -0.2) is 38.3 Å². The van der Waals surface area contributed by atoms with E-state index in [9.17, 15) is 9.59 Å². The number of aromatic nitrogens is 3. The van der Waals surface area contributed by atoms with E-state index in [0.717, 1.165) is 37.8 Å². The van der Waals surface area contributed by atoms with Gasteiger partial charge >= 0.3 is 0 Å². The van der Waals surface area contributed by atoms with E-state index in [0.29, 0.717) is 17.8 Å². The summed E-state index contributed by atoms with van der Waals surface area (Å²) in [4.78, 5) is 37.6. The van der Waals surface area contributed by atoms with Gasteiger partial charge in [0.25, 0.3) is 11.8 Å². The second kappa shape index (κ2) is 8.91. The molecule has 2 amide bonds. The van der Waals surface area contributed by atoms with Crippen LogP contribution < -0.4 is 10.6 Å². The van der Waals surface area contributed by atoms with Crippen LogP contribution in [0.15, 0.2) is 36.8 Å². The van der Waals surface area contributed by atoms with Crippen LogP contribution in [0, 0.1) is 6.92 Å². The minimum atomic E-state index is -0.348. The highest BCUT2D eigenvalue weighted by Gasteiger charge is 2.38. The highest BCUT2D eigenvalue weighted by molar-refractivity contribution is 5.93. The molecular weight excluding hydrogens is 354 g/mol. The number of nitrogens with one attached hydrogen (secondary N) is 2. The molecule has 2 aromatic rings. The fourth-order valence-electron chi connectivity index (χ4n) is 4.02. The van der Waals surface area contributed by atoms with Crippen LogP contribution >= 0.6 is 0 Å². The molecule has 28 heavy (non-hydrogen) atoms. The third-order valence-electron chi connectivity index (χ3n) is 5.20. The second-order valence-electron chi connectivity index (χ2n) is 7.51. The van der Waals surface area contributed by atoms with Crippen molar-refractivity contribution in [2.45, 2.75) is 64.0 Å². The van der Waals surface area contributed by atoms with E-state index in [1.54, 1.807) is 12.3 Å². The van der Waals surface area contributed by atoms with E-state index in [2.05, 4.69) is 32.5 Å². The molecule has 2 unspecified atom stereocenters. The number of amides is 2. The fourth-order valence-corrected chi connectivity index (χ4v) is 4.02. The summed E-state index contributed by atoms with van der Waals surface area (Å²) in [7, 11) is 0. The van der Waals surface area contributed by atoms with Crippen LogP contribution in [0.4, 0.5) is 0 Å². The molecule has 2 aromatic heterocycles. The molecule has 0 aromatic carbocycles. The molecule has 1 saturated carbocycles. The van der Waals surface area contributed by atoms with Gasteiger partial charge in [-0.05, 0) is 51.2 Å². The zero-order chi connectivity index (χ0) is 20.0. The predicted molar refractivity (Wildman–Crippen MR) is 106 cm³/mol. The van der Waals surface area contributed by atoms with Crippen LogP contribution in [-0.2, 0) is 0 Å². The minimum absolute atomic E-state index is 0.00253. The summed E-state index contributed by atoms with van der Waals surface area (Å²) in [6, 6.07) is 5.42. The van der Waals surface area contributed by atoms with Gasteiger partial charge in [-0.1, -0.05) is 19.4 Å². The maximum Gasteiger partial charge on any atom is 0.271 e. The van der Waals surface area contributed by atoms with Gasteiger partial charge < -0.3 is 10.6 Å². The summed E-state index contributed by atoms with van der Waals surface area (Å²) in [6.45, 7) is 3.97. The molecule has 3 rings (SSSR count). The topological polar surface area (TPSA) is 96.9 Å². The van der Waals surface area contributed by atoms with Gasteiger partial charge in [-0.15, -0.1) is 0 Å². The van der Waals surface area contributed by atoms with Crippen molar-refractivity contribution in [3.05, 3.63) is 53.9 Å². The number of hydrogen-bond donors (Lipinski definition) is 2. The lowest BCUT2D eigenvalue weighted by Crippen LogP contribution is -2.55. The molecule has 2 heterocycles. The predicted octanol–water partition coefficient (Wildman–Crippen LogP) is 2.82. The summed E-state index contributed by atoms with van der Waals surface area (Å²) in [5.41, 5.74) is 1.20. The van der Waals surface area contributed by atoms with Crippen molar-refractivity contribution in [1.82, 2.24) is 25.6 Å². The molecule has 1 fully saturated rings. The number of carbonyl (C=O) groups is 2. The number of carbonyl (C=O) groups excluding carboxylic acids is 2. The first-order valence-electron chi connectivity index (χ1n) is 9.84. The van der Waals surface area contributed by atoms with Gasteiger partial charge in [-0.2, -0.15) is 0 Å². The van der Waals surface area contributed by atoms with E-state index in [1.165, 1.54) is 12.4 Å². The normalized spacial score (nSPS) is 21.7. The molecule has 0 bridgehead atoms. The van der Waals surface area contributed by atoms with Crippen molar-refractivity contribution < 1.29 is 9.59 Å². The van der Waals surface area contributed by atoms with Crippen LogP contribution in [0.25, 0.3) is 0 Å². The average Bonchev–Trinajstić information content (AvgIpc) is 2.69. The monoisotopic (exact) mass is 381 g/mol. The third kappa shape index (κ3) is 4.91. The van der Waals surface area contributed by atoms with Crippen LogP contribution in [0.2, 0.25) is 0 Å². The van der Waals surface area contributed by atoms with Crippen molar-refractivity contribution in [3.8, 4) is 0 Å². The molecule has 0 aliphatic heterocycles. The summed E-state index contributed by atoms with van der Waals surface area (Å²) in [5, 5.41) is 6.30. The van der Waals surface area contributed by atoms with Gasteiger partial charge in [0.2, 0.25) is 0 Å². The largest absolute Gasteiger partial charge is 0.348 e. The van der Waals surface area contributed by atoms with Crippen molar-refractivity contribution in [3.63, 3.8) is 0 Å². The van der Waals surface area contributed by atoms with E-state index < -0.39 is 0 Å². The Kier molecular flexibility index (Phi) is 6.34. The van der Waals surface area contributed by atoms with Gasteiger partial charge in [0.05, 0.1) is 6.20 Å². The molecule has 148 valence electrons. The highest BCUT2D eigenvalue weighted by atomic mass is 16.2. The molecule has 1 aliphatic rings. The number of nitrogens with zero attached hydrogens (tertiary/aromatic N) is 3. The van der Waals surface area contributed by atoms with Crippen LogP contribution in [0.1, 0.15) is 72.1 Å². The summed E-state index contributed by atoms with van der Waals surface area (Å²) < 4.78 is 0. The third-order valence-corrected chi connectivity index (χ3v) is 5.20. The first-order chi connectivity index (χ1) is 13.5. The molecule has 7 heteroatoms. The number of aryl methyl sites for hydroxylation is 1. The van der Waals surface area contributed by atoms with E-state index >= 15 is 0 Å². The quantitative estimate of drug-likeness (QED) is 0.802. The molecule has 0 spiro atoms. The molecule has 2 N–H and O–H groups in total. The molecule has 0 saturated heterocycles. The zero-order valence-corrected chi connectivity index (χ0v) is 16.4. The molecular formula is C21H27N5O2. The fraction of sp³-hybridized carbons (Fsp3) is 0.476. The molecule has 1 aliphatic carbocycles. The van der Waals surface area contributed by atoms with E-state index in [1.807, 2.05) is 19.1 Å². The maximum atomic E-state index is 12.7. The average molecular weight is 381 g/mol. The van der Waals surface area contributed by atoms with E-state index in [4.69, 9.17) is 0 Å². The van der Waals surface area contributed by atoms with Crippen molar-refractivity contribution in [1.29, 1.82) is 0 Å². The zero-order valence-electron chi connectivity index (χ0n) is 16.4. The standard InChI is InChI=1S/C21H27N5O2/c1-3-9-21(26-20(28)18-14-22-11-12-23-18)10-5-7-16(13-21)25-19(27)17-8-4-6-15(2)24-17/h4,6,8,11-12,14,16H,3,5,7,9-10,13H2,1-2H3,(H,25,27)(H,26,28). The van der Waals surface area contributed by atoms with Gasteiger partial charge in [0.15, 0.2) is 0 Å². The first-order valence-corrected chi connectivity index (χ1v) is 9.84. The number of rotatable bonds is 6. The van der Waals surface area contributed by atoms with E-state index in [-0.39, 0.29) is 23.4 Å². The Morgan fingerprint density at radius 1 is 1.21 bits per heavy atom. The summed E-state index contributed by atoms with van der Waals surface area (Å²) in [6.07, 6.45) is 9.75. The van der Waals surface area contributed by atoms with Crippen LogP contribution in [0.5, 0.6) is 0 Å². The van der Waals surface area contributed by atoms with Gasteiger partial charge in [-0.3, -0.25) is 14.6 Å². The second-order valence-corrected chi connectivity index (χ2v) is 7.51. The lowest BCUT2D eigenvalue weighted by molar-refractivity contribution is 0.0812. The first kappa shape index (κ1) is 19.9. The molecule has 7 nitrogen and oxygen atoms in total. The Morgan fingerprint density at radius 2 is 2.07 bits per heavy atom. The lowest BCUT2D eigenvalue weighted by Gasteiger charge is -2.42. The number of hydrogen-bond acceptors (Lipinski definition) is 5. The Labute approximate surface area is 165 Å². The van der Waals surface area contributed by atoms with Crippen LogP contribution in [0.3, 0.4) is 0 Å². The maximum absolute atomic E-state index is 12.7. The summed E-state index contributed by atoms with van der Waals surface area (Å²) >= 11 is 0. The smallest absolute Gasteiger partial charge is 0.271 e. The molecule has 2 atom stereocenters. The van der Waals surface area contributed by atoms with Gasteiger partial charge in [-0.25, -0.2) is 9.97 Å². The SMILES string of the molecule is CCCC1(NC(=O)c2cnccn2)CCCC(NC(=O)c2cccc(C)n2)C1. The Morgan fingerprint density at radius 3 is 2.79 bits per heavy atom.